The first-order valence-corrected chi connectivity index (χ1v) is 5.90. The van der Waals surface area contributed by atoms with Crippen molar-refractivity contribution in [2.24, 2.45) is 5.92 Å². The van der Waals surface area contributed by atoms with Crippen molar-refractivity contribution in [3.63, 3.8) is 0 Å². The largest absolute Gasteiger partial charge is 0.315 e. The van der Waals surface area contributed by atoms with Crippen LogP contribution in [-0.4, -0.2) is 36.6 Å². The molecule has 2 heteroatoms. The Labute approximate surface area is 80.7 Å². The Morgan fingerprint density at radius 1 is 1.00 bits per heavy atom. The van der Waals surface area contributed by atoms with Crippen LogP contribution >= 0.6 is 0 Å². The van der Waals surface area contributed by atoms with E-state index in [1.165, 1.54) is 51.7 Å². The third-order valence-corrected chi connectivity index (χ3v) is 3.97. The highest BCUT2D eigenvalue weighted by molar-refractivity contribution is 4.94. The van der Waals surface area contributed by atoms with Gasteiger partial charge in [-0.1, -0.05) is 0 Å². The van der Waals surface area contributed by atoms with Crippen LogP contribution in [0.5, 0.6) is 0 Å². The summed E-state index contributed by atoms with van der Waals surface area (Å²) in [4.78, 5) is 2.82. The summed E-state index contributed by atoms with van der Waals surface area (Å²) < 4.78 is 0. The van der Waals surface area contributed by atoms with Crippen LogP contribution in [0.15, 0.2) is 0 Å². The number of nitrogens with one attached hydrogen (secondary N) is 1. The van der Waals surface area contributed by atoms with Crippen molar-refractivity contribution in [2.75, 3.05) is 19.6 Å². The second-order valence-corrected chi connectivity index (χ2v) is 5.02. The van der Waals surface area contributed by atoms with Gasteiger partial charge in [0.2, 0.25) is 0 Å². The first kappa shape index (κ1) is 8.25. The summed E-state index contributed by atoms with van der Waals surface area (Å²) in [6.07, 6.45) is 7.32. The minimum absolute atomic E-state index is 0.882. The molecule has 0 spiro atoms. The van der Waals surface area contributed by atoms with Crippen LogP contribution in [-0.2, 0) is 0 Å². The van der Waals surface area contributed by atoms with E-state index in [0.29, 0.717) is 0 Å². The normalized spacial score (nSPS) is 40.6. The van der Waals surface area contributed by atoms with Crippen LogP contribution in [0.25, 0.3) is 0 Å². The third kappa shape index (κ3) is 1.62. The average Bonchev–Trinajstić information content (AvgIpc) is 2.81. The predicted molar refractivity (Wildman–Crippen MR) is 53.7 cm³/mol. The Morgan fingerprint density at radius 3 is 2.69 bits per heavy atom. The summed E-state index contributed by atoms with van der Waals surface area (Å²) in [7, 11) is 0. The van der Waals surface area contributed by atoms with Gasteiger partial charge in [0.25, 0.3) is 0 Å². The fourth-order valence-electron chi connectivity index (χ4n) is 2.98. The molecule has 1 saturated carbocycles. The molecule has 3 fully saturated rings. The maximum atomic E-state index is 3.56. The molecule has 3 aliphatic rings. The van der Waals surface area contributed by atoms with Gasteiger partial charge < -0.3 is 5.32 Å². The zero-order valence-electron chi connectivity index (χ0n) is 8.34. The second kappa shape index (κ2) is 3.25. The van der Waals surface area contributed by atoms with E-state index in [2.05, 4.69) is 10.2 Å². The molecule has 74 valence electrons. The van der Waals surface area contributed by atoms with Crippen LogP contribution in [0.1, 0.15) is 32.1 Å². The van der Waals surface area contributed by atoms with Crippen LogP contribution < -0.4 is 5.32 Å². The molecule has 0 aromatic rings. The number of nitrogens with zero attached hydrogens (tertiary/aromatic N) is 1. The molecule has 0 unspecified atom stereocenters. The second-order valence-electron chi connectivity index (χ2n) is 5.02. The fourth-order valence-corrected chi connectivity index (χ4v) is 2.98. The van der Waals surface area contributed by atoms with Gasteiger partial charge in [-0.05, 0) is 44.6 Å². The molecular formula is C11H20N2. The van der Waals surface area contributed by atoms with Crippen LogP contribution in [0.4, 0.5) is 0 Å². The van der Waals surface area contributed by atoms with Gasteiger partial charge in [0.1, 0.15) is 0 Å². The molecule has 0 radical (unpaired) electrons. The van der Waals surface area contributed by atoms with Crippen molar-refractivity contribution in [1.82, 2.24) is 10.2 Å². The van der Waals surface area contributed by atoms with Gasteiger partial charge in [-0.15, -0.1) is 0 Å². The van der Waals surface area contributed by atoms with E-state index in [-0.39, 0.29) is 0 Å². The number of hydrogen-bond donors (Lipinski definition) is 1. The van der Waals surface area contributed by atoms with E-state index in [1.807, 2.05) is 0 Å². The smallest absolute Gasteiger partial charge is 0.0224 e. The van der Waals surface area contributed by atoms with E-state index < -0.39 is 0 Å². The highest BCUT2D eigenvalue weighted by Gasteiger charge is 2.37. The van der Waals surface area contributed by atoms with Crippen molar-refractivity contribution >= 4 is 0 Å². The molecule has 2 atom stereocenters. The summed E-state index contributed by atoms with van der Waals surface area (Å²) in [6, 6.07) is 1.81. The highest BCUT2D eigenvalue weighted by atomic mass is 15.2. The summed E-state index contributed by atoms with van der Waals surface area (Å²) in [6.45, 7) is 3.92. The minimum Gasteiger partial charge on any atom is -0.315 e. The fraction of sp³-hybridized carbons (Fsp3) is 1.00. The van der Waals surface area contributed by atoms with E-state index in [4.69, 9.17) is 0 Å². The first-order valence-electron chi connectivity index (χ1n) is 5.90. The number of rotatable bonds is 2. The summed E-state index contributed by atoms with van der Waals surface area (Å²) in [5.41, 5.74) is 0. The van der Waals surface area contributed by atoms with Gasteiger partial charge in [-0.25, -0.2) is 0 Å². The Morgan fingerprint density at radius 2 is 1.85 bits per heavy atom. The van der Waals surface area contributed by atoms with Gasteiger partial charge in [0.15, 0.2) is 0 Å². The van der Waals surface area contributed by atoms with Crippen LogP contribution in [0.3, 0.4) is 0 Å². The van der Waals surface area contributed by atoms with Crippen molar-refractivity contribution in [2.45, 2.75) is 44.2 Å². The SMILES string of the molecule is C1C[C@H]2CC[C@@H](CN1)N2CC1CC1. The van der Waals surface area contributed by atoms with E-state index >= 15 is 0 Å². The van der Waals surface area contributed by atoms with Crippen molar-refractivity contribution < 1.29 is 0 Å². The zero-order valence-corrected chi connectivity index (χ0v) is 8.34. The lowest BCUT2D eigenvalue weighted by Crippen LogP contribution is -2.39. The lowest BCUT2D eigenvalue weighted by atomic mass is 10.1. The monoisotopic (exact) mass is 180 g/mol. The quantitative estimate of drug-likeness (QED) is 0.687. The van der Waals surface area contributed by atoms with Crippen molar-refractivity contribution in [1.29, 1.82) is 0 Å². The maximum absolute atomic E-state index is 3.56. The predicted octanol–water partition coefficient (Wildman–Crippen LogP) is 1.22. The maximum Gasteiger partial charge on any atom is 0.0224 e. The molecule has 0 amide bonds. The molecule has 1 aliphatic carbocycles. The standard InChI is InChI=1S/C11H20N2/c1-2-9(1)8-13-10-3-4-11(13)7-12-6-5-10/h9-12H,1-8H2/t10-,11+/m1/s1. The van der Waals surface area contributed by atoms with Gasteiger partial charge in [0, 0.05) is 25.2 Å². The molecule has 1 N–H and O–H groups in total. The molecule has 2 saturated heterocycles. The number of fused-ring (bicyclic) bond motifs is 2. The lowest BCUT2D eigenvalue weighted by molar-refractivity contribution is 0.194. The summed E-state index contributed by atoms with van der Waals surface area (Å²) >= 11 is 0. The molecule has 2 bridgehead atoms. The van der Waals surface area contributed by atoms with Crippen molar-refractivity contribution in [3.05, 3.63) is 0 Å². The first-order chi connectivity index (χ1) is 6.43. The van der Waals surface area contributed by atoms with Gasteiger partial charge in [0.05, 0.1) is 0 Å². The van der Waals surface area contributed by atoms with Crippen molar-refractivity contribution in [3.8, 4) is 0 Å². The molecule has 2 nitrogen and oxygen atoms in total. The molecule has 0 aromatic heterocycles. The molecule has 13 heavy (non-hydrogen) atoms. The zero-order chi connectivity index (χ0) is 8.67. The van der Waals surface area contributed by atoms with E-state index in [0.717, 1.165) is 18.0 Å². The molecule has 2 heterocycles. The van der Waals surface area contributed by atoms with Crippen LogP contribution in [0, 0.1) is 5.92 Å². The van der Waals surface area contributed by atoms with Crippen LogP contribution in [0.2, 0.25) is 0 Å². The molecular weight excluding hydrogens is 160 g/mol. The minimum atomic E-state index is 0.882. The van der Waals surface area contributed by atoms with E-state index in [1.54, 1.807) is 0 Å². The van der Waals surface area contributed by atoms with Gasteiger partial charge in [-0.2, -0.15) is 0 Å². The Kier molecular flexibility index (Phi) is 2.06. The van der Waals surface area contributed by atoms with Gasteiger partial charge in [-0.3, -0.25) is 4.90 Å². The number of hydrogen-bond acceptors (Lipinski definition) is 2. The summed E-state index contributed by atoms with van der Waals surface area (Å²) in [5, 5.41) is 3.56. The Balaban J connectivity index is 1.68. The Hall–Kier alpha value is -0.0800. The third-order valence-electron chi connectivity index (χ3n) is 3.97. The summed E-state index contributed by atoms with van der Waals surface area (Å²) in [5.74, 6) is 1.07. The Bertz CT molecular complexity index is 175. The topological polar surface area (TPSA) is 15.3 Å². The molecule has 2 aliphatic heterocycles. The van der Waals surface area contributed by atoms with Gasteiger partial charge >= 0.3 is 0 Å². The molecule has 0 aromatic carbocycles. The highest BCUT2D eigenvalue weighted by Crippen LogP contribution is 2.35. The van der Waals surface area contributed by atoms with E-state index in [9.17, 15) is 0 Å². The molecule has 3 rings (SSSR count). The lowest BCUT2D eigenvalue weighted by Gasteiger charge is -2.27. The average molecular weight is 180 g/mol.